The van der Waals surface area contributed by atoms with E-state index in [2.05, 4.69) is 6.92 Å². The molecule has 0 amide bonds. The van der Waals surface area contributed by atoms with Gasteiger partial charge in [0.05, 0.1) is 12.2 Å². The Kier molecular flexibility index (Phi) is 14.7. The van der Waals surface area contributed by atoms with Crippen LogP contribution in [-0.2, 0) is 9.47 Å². The highest BCUT2D eigenvalue weighted by Gasteiger charge is 2.26. The van der Waals surface area contributed by atoms with Crippen molar-refractivity contribution >= 4 is 0 Å². The van der Waals surface area contributed by atoms with Crippen molar-refractivity contribution in [2.45, 2.75) is 135 Å². The highest BCUT2D eigenvalue weighted by atomic mass is 16.7. The first-order valence-electron chi connectivity index (χ1n) is 11.2. The molecule has 1 saturated heterocycles. The Balaban J connectivity index is 1.73. The molecule has 0 bridgehead atoms. The van der Waals surface area contributed by atoms with Crippen LogP contribution in [0.2, 0.25) is 0 Å². The standard InChI is InChI=1S/C22H44O3/c1-3-4-5-6-7-8-9-10-11-12-13-14-15-16-19-24-22-18-17-21(23)20(2)25-22/h20-23H,3-19H2,1-2H3/t20-,21?,22?/m0/s1. The maximum Gasteiger partial charge on any atom is 0.158 e. The number of ether oxygens (including phenoxy) is 2. The van der Waals surface area contributed by atoms with E-state index in [9.17, 15) is 5.11 Å². The van der Waals surface area contributed by atoms with E-state index in [1.807, 2.05) is 6.92 Å². The molecule has 1 rings (SSSR count). The van der Waals surface area contributed by atoms with Crippen LogP contribution in [0.1, 0.15) is 117 Å². The molecule has 2 unspecified atom stereocenters. The number of aliphatic hydroxyl groups excluding tert-OH is 1. The van der Waals surface area contributed by atoms with Gasteiger partial charge in [-0.1, -0.05) is 90.4 Å². The van der Waals surface area contributed by atoms with Crippen molar-refractivity contribution in [1.29, 1.82) is 0 Å². The van der Waals surface area contributed by atoms with Gasteiger partial charge in [-0.05, 0) is 19.8 Å². The second-order valence-electron chi connectivity index (χ2n) is 7.88. The van der Waals surface area contributed by atoms with Crippen LogP contribution in [0, 0.1) is 0 Å². The van der Waals surface area contributed by atoms with E-state index in [1.54, 1.807) is 0 Å². The van der Waals surface area contributed by atoms with Gasteiger partial charge >= 0.3 is 0 Å². The van der Waals surface area contributed by atoms with Crippen molar-refractivity contribution in [3.8, 4) is 0 Å². The Bertz CT molecular complexity index is 282. The fraction of sp³-hybridized carbons (Fsp3) is 1.00. The third-order valence-corrected chi connectivity index (χ3v) is 5.41. The van der Waals surface area contributed by atoms with Gasteiger partial charge in [0.1, 0.15) is 0 Å². The molecule has 1 aliphatic rings. The van der Waals surface area contributed by atoms with Crippen LogP contribution in [0.5, 0.6) is 0 Å². The SMILES string of the molecule is CCCCCCCCCCCCCCCCOC1CCC(O)[C@H](C)O1. The first kappa shape index (κ1) is 22.9. The fourth-order valence-electron chi connectivity index (χ4n) is 3.57. The molecule has 1 N–H and O–H groups in total. The Hall–Kier alpha value is -0.120. The molecule has 0 spiro atoms. The summed E-state index contributed by atoms with van der Waals surface area (Å²) in [5.41, 5.74) is 0. The molecule has 0 saturated carbocycles. The Morgan fingerprint density at radius 2 is 1.24 bits per heavy atom. The monoisotopic (exact) mass is 356 g/mol. The first-order chi connectivity index (χ1) is 12.2. The average molecular weight is 357 g/mol. The predicted molar refractivity (Wildman–Crippen MR) is 106 cm³/mol. The molecular formula is C22H44O3. The van der Waals surface area contributed by atoms with Crippen molar-refractivity contribution in [3.05, 3.63) is 0 Å². The molecule has 0 radical (unpaired) electrons. The lowest BCUT2D eigenvalue weighted by molar-refractivity contribution is -0.217. The van der Waals surface area contributed by atoms with E-state index in [4.69, 9.17) is 9.47 Å². The number of rotatable bonds is 16. The highest BCUT2D eigenvalue weighted by Crippen LogP contribution is 2.20. The molecule has 25 heavy (non-hydrogen) atoms. The van der Waals surface area contributed by atoms with E-state index in [1.165, 1.54) is 83.5 Å². The average Bonchev–Trinajstić information content (AvgIpc) is 2.61. The third-order valence-electron chi connectivity index (χ3n) is 5.41. The first-order valence-corrected chi connectivity index (χ1v) is 11.2. The van der Waals surface area contributed by atoms with Crippen molar-refractivity contribution in [2.75, 3.05) is 6.61 Å². The lowest BCUT2D eigenvalue weighted by Gasteiger charge is -2.31. The number of hydrogen-bond acceptors (Lipinski definition) is 3. The predicted octanol–water partition coefficient (Wildman–Crippen LogP) is 6.37. The van der Waals surface area contributed by atoms with Gasteiger partial charge in [-0.15, -0.1) is 0 Å². The molecular weight excluding hydrogens is 312 g/mol. The fourth-order valence-corrected chi connectivity index (χ4v) is 3.57. The van der Waals surface area contributed by atoms with Gasteiger partial charge in [-0.3, -0.25) is 0 Å². The maximum absolute atomic E-state index is 9.62. The topological polar surface area (TPSA) is 38.7 Å². The molecule has 1 aliphatic heterocycles. The molecule has 3 heteroatoms. The zero-order valence-corrected chi connectivity index (χ0v) is 17.0. The summed E-state index contributed by atoms with van der Waals surface area (Å²) in [6.45, 7) is 5.00. The normalized spacial score (nSPS) is 23.9. The highest BCUT2D eigenvalue weighted by molar-refractivity contribution is 4.71. The van der Waals surface area contributed by atoms with Crippen molar-refractivity contribution in [1.82, 2.24) is 0 Å². The van der Waals surface area contributed by atoms with E-state index in [-0.39, 0.29) is 18.5 Å². The Labute approximate surface area is 156 Å². The third kappa shape index (κ3) is 12.8. The Morgan fingerprint density at radius 3 is 1.72 bits per heavy atom. The summed E-state index contributed by atoms with van der Waals surface area (Å²) >= 11 is 0. The van der Waals surface area contributed by atoms with E-state index in [0.717, 1.165) is 25.9 Å². The number of unbranched alkanes of at least 4 members (excludes halogenated alkanes) is 13. The summed E-state index contributed by atoms with van der Waals surface area (Å²) in [7, 11) is 0. The van der Waals surface area contributed by atoms with Crippen LogP contribution in [-0.4, -0.2) is 30.2 Å². The molecule has 0 aromatic carbocycles. The molecule has 1 fully saturated rings. The summed E-state index contributed by atoms with van der Waals surface area (Å²) in [5.74, 6) is 0. The molecule has 0 aromatic heterocycles. The molecule has 3 atom stereocenters. The van der Waals surface area contributed by atoms with Crippen LogP contribution in [0.3, 0.4) is 0 Å². The Morgan fingerprint density at radius 1 is 0.760 bits per heavy atom. The lowest BCUT2D eigenvalue weighted by atomic mass is 10.0. The molecule has 1 heterocycles. The maximum atomic E-state index is 9.62. The van der Waals surface area contributed by atoms with Crippen LogP contribution < -0.4 is 0 Å². The summed E-state index contributed by atoms with van der Waals surface area (Å²) in [4.78, 5) is 0. The summed E-state index contributed by atoms with van der Waals surface area (Å²) < 4.78 is 11.4. The number of aliphatic hydroxyl groups is 1. The zero-order chi connectivity index (χ0) is 18.2. The minimum Gasteiger partial charge on any atom is -0.390 e. The summed E-state index contributed by atoms with van der Waals surface area (Å²) in [6, 6.07) is 0. The van der Waals surface area contributed by atoms with Gasteiger partial charge in [0, 0.05) is 13.0 Å². The van der Waals surface area contributed by atoms with E-state index in [0.29, 0.717) is 0 Å². The minimum absolute atomic E-state index is 0.0879. The summed E-state index contributed by atoms with van der Waals surface area (Å²) in [5, 5.41) is 9.62. The molecule has 150 valence electrons. The largest absolute Gasteiger partial charge is 0.390 e. The zero-order valence-electron chi connectivity index (χ0n) is 17.0. The van der Waals surface area contributed by atoms with Crippen LogP contribution >= 0.6 is 0 Å². The van der Waals surface area contributed by atoms with Crippen LogP contribution in [0.15, 0.2) is 0 Å². The second-order valence-corrected chi connectivity index (χ2v) is 7.88. The van der Waals surface area contributed by atoms with Gasteiger partial charge in [0.25, 0.3) is 0 Å². The lowest BCUT2D eigenvalue weighted by Crippen LogP contribution is -2.38. The minimum atomic E-state index is -0.319. The van der Waals surface area contributed by atoms with Gasteiger partial charge in [-0.25, -0.2) is 0 Å². The van der Waals surface area contributed by atoms with Crippen LogP contribution in [0.25, 0.3) is 0 Å². The molecule has 0 aliphatic carbocycles. The smallest absolute Gasteiger partial charge is 0.158 e. The van der Waals surface area contributed by atoms with Crippen molar-refractivity contribution < 1.29 is 14.6 Å². The van der Waals surface area contributed by atoms with Crippen molar-refractivity contribution in [2.24, 2.45) is 0 Å². The van der Waals surface area contributed by atoms with Crippen LogP contribution in [0.4, 0.5) is 0 Å². The molecule has 0 aromatic rings. The molecule has 3 nitrogen and oxygen atoms in total. The van der Waals surface area contributed by atoms with E-state index < -0.39 is 0 Å². The second kappa shape index (κ2) is 16.1. The van der Waals surface area contributed by atoms with Gasteiger partial charge in [-0.2, -0.15) is 0 Å². The van der Waals surface area contributed by atoms with Gasteiger partial charge in [0.2, 0.25) is 0 Å². The van der Waals surface area contributed by atoms with Gasteiger partial charge < -0.3 is 14.6 Å². The quantitative estimate of drug-likeness (QED) is 0.327. The van der Waals surface area contributed by atoms with Crippen molar-refractivity contribution in [3.63, 3.8) is 0 Å². The summed E-state index contributed by atoms with van der Waals surface area (Å²) in [6.07, 6.45) is 20.5. The number of hydrogen-bond donors (Lipinski definition) is 1. The van der Waals surface area contributed by atoms with E-state index >= 15 is 0 Å². The van der Waals surface area contributed by atoms with Gasteiger partial charge in [0.15, 0.2) is 6.29 Å².